The zero-order valence-corrected chi connectivity index (χ0v) is 14.7. The van der Waals surface area contributed by atoms with Crippen molar-refractivity contribution in [3.05, 3.63) is 30.2 Å². The predicted molar refractivity (Wildman–Crippen MR) is 95.9 cm³/mol. The fourth-order valence-corrected chi connectivity index (χ4v) is 1.98. The molecule has 2 aromatic heterocycles. The second-order valence-electron chi connectivity index (χ2n) is 4.73. The van der Waals surface area contributed by atoms with E-state index in [-0.39, 0.29) is 24.0 Å². The molecule has 0 spiro atoms. The van der Waals surface area contributed by atoms with Crippen molar-refractivity contribution in [3.63, 3.8) is 0 Å². The quantitative estimate of drug-likeness (QED) is 0.323. The van der Waals surface area contributed by atoms with Gasteiger partial charge in [0.25, 0.3) is 0 Å². The number of aliphatic imine (C=N–C) groups is 1. The van der Waals surface area contributed by atoms with Crippen molar-refractivity contribution in [2.75, 3.05) is 6.54 Å². The van der Waals surface area contributed by atoms with Gasteiger partial charge in [0.15, 0.2) is 17.4 Å². The first-order chi connectivity index (χ1) is 9.81. The smallest absolute Gasteiger partial charge is 0.189 e. The minimum absolute atomic E-state index is 0. The van der Waals surface area contributed by atoms with Gasteiger partial charge in [0.05, 0.1) is 0 Å². The van der Waals surface area contributed by atoms with E-state index < -0.39 is 0 Å². The van der Waals surface area contributed by atoms with Crippen molar-refractivity contribution >= 4 is 35.6 Å². The Balaban J connectivity index is 0.00000220. The number of nitrogens with one attached hydrogen (secondary N) is 1. The van der Waals surface area contributed by atoms with Crippen LogP contribution in [0, 0.1) is 0 Å². The van der Waals surface area contributed by atoms with Crippen LogP contribution in [0.2, 0.25) is 0 Å². The molecule has 0 unspecified atom stereocenters. The molecule has 0 bridgehead atoms. The minimum atomic E-state index is 0. The van der Waals surface area contributed by atoms with E-state index in [1.54, 1.807) is 0 Å². The lowest BCUT2D eigenvalue weighted by Gasteiger charge is -2.04. The number of fused-ring (bicyclic) bond motifs is 1. The Hall–Kier alpha value is -1.38. The first-order valence-electron chi connectivity index (χ1n) is 7.13. The van der Waals surface area contributed by atoms with Crippen LogP contribution in [0.15, 0.2) is 29.4 Å². The van der Waals surface area contributed by atoms with Gasteiger partial charge in [-0.15, -0.1) is 34.2 Å². The lowest BCUT2D eigenvalue weighted by atomic mass is 10.2. The SMILES string of the molecule is CCCCCCNC(N)=NCc1nnc2ccccn12.I. The van der Waals surface area contributed by atoms with E-state index in [1.807, 2.05) is 28.8 Å². The van der Waals surface area contributed by atoms with Gasteiger partial charge in [-0.1, -0.05) is 32.3 Å². The number of aromatic nitrogens is 3. The Morgan fingerprint density at radius 2 is 2.14 bits per heavy atom. The molecule has 0 aliphatic heterocycles. The molecule has 2 aromatic rings. The molecule has 0 atom stereocenters. The molecule has 0 radical (unpaired) electrons. The highest BCUT2D eigenvalue weighted by Gasteiger charge is 2.03. The first-order valence-corrected chi connectivity index (χ1v) is 7.13. The molecule has 0 saturated carbocycles. The average molecular weight is 402 g/mol. The second-order valence-corrected chi connectivity index (χ2v) is 4.73. The Bertz CT molecular complexity index is 565. The number of pyridine rings is 1. The monoisotopic (exact) mass is 402 g/mol. The summed E-state index contributed by atoms with van der Waals surface area (Å²) in [6, 6.07) is 5.79. The number of nitrogens with zero attached hydrogens (tertiary/aromatic N) is 4. The zero-order valence-electron chi connectivity index (χ0n) is 12.3. The summed E-state index contributed by atoms with van der Waals surface area (Å²) in [4.78, 5) is 4.29. The van der Waals surface area contributed by atoms with Crippen LogP contribution < -0.4 is 11.1 Å². The molecule has 0 aliphatic rings. The number of unbranched alkanes of at least 4 members (excludes halogenated alkanes) is 3. The number of hydrogen-bond acceptors (Lipinski definition) is 3. The fourth-order valence-electron chi connectivity index (χ4n) is 1.98. The van der Waals surface area contributed by atoms with Gasteiger partial charge in [-0.2, -0.15) is 0 Å². The molecular formula is C14H23IN6. The standard InChI is InChI=1S/C14H22N6.HI/c1-2-3-4-6-9-16-14(15)17-11-13-19-18-12-8-5-7-10-20(12)13;/h5,7-8,10H,2-4,6,9,11H2,1H3,(H3,15,16,17);1H. The zero-order chi connectivity index (χ0) is 14.2. The number of hydrogen-bond donors (Lipinski definition) is 2. The van der Waals surface area contributed by atoms with Crippen molar-refractivity contribution in [1.82, 2.24) is 19.9 Å². The molecular weight excluding hydrogens is 379 g/mol. The van der Waals surface area contributed by atoms with E-state index >= 15 is 0 Å². The molecule has 0 aliphatic carbocycles. The van der Waals surface area contributed by atoms with Crippen LogP contribution in [0.25, 0.3) is 5.65 Å². The highest BCUT2D eigenvalue weighted by molar-refractivity contribution is 14.0. The van der Waals surface area contributed by atoms with Crippen molar-refractivity contribution in [3.8, 4) is 0 Å². The average Bonchev–Trinajstić information content (AvgIpc) is 2.88. The Labute approximate surface area is 142 Å². The molecule has 116 valence electrons. The summed E-state index contributed by atoms with van der Waals surface area (Å²) in [6.45, 7) is 3.50. The molecule has 7 heteroatoms. The topological polar surface area (TPSA) is 80.6 Å². The number of halogens is 1. The highest BCUT2D eigenvalue weighted by Crippen LogP contribution is 2.03. The van der Waals surface area contributed by atoms with Gasteiger partial charge in [-0.3, -0.25) is 4.40 Å². The Morgan fingerprint density at radius 1 is 1.29 bits per heavy atom. The fraction of sp³-hybridized carbons (Fsp3) is 0.500. The third-order valence-electron chi connectivity index (χ3n) is 3.11. The maximum atomic E-state index is 5.83. The molecule has 2 heterocycles. The van der Waals surface area contributed by atoms with Crippen LogP contribution in [0.3, 0.4) is 0 Å². The summed E-state index contributed by atoms with van der Waals surface area (Å²) < 4.78 is 1.91. The molecule has 0 fully saturated rings. The van der Waals surface area contributed by atoms with Crippen molar-refractivity contribution in [1.29, 1.82) is 0 Å². The molecule has 0 saturated heterocycles. The van der Waals surface area contributed by atoms with Crippen LogP contribution in [0.4, 0.5) is 0 Å². The van der Waals surface area contributed by atoms with Crippen LogP contribution >= 0.6 is 24.0 Å². The summed E-state index contributed by atoms with van der Waals surface area (Å²) in [5, 5.41) is 11.3. The van der Waals surface area contributed by atoms with E-state index in [2.05, 4.69) is 27.4 Å². The van der Waals surface area contributed by atoms with Gasteiger partial charge < -0.3 is 11.1 Å². The van der Waals surface area contributed by atoms with Crippen LogP contribution in [-0.2, 0) is 6.54 Å². The van der Waals surface area contributed by atoms with Crippen LogP contribution in [-0.4, -0.2) is 27.1 Å². The maximum absolute atomic E-state index is 5.83. The molecule has 0 aromatic carbocycles. The summed E-state index contributed by atoms with van der Waals surface area (Å²) in [5.41, 5.74) is 6.65. The summed E-state index contributed by atoms with van der Waals surface area (Å²) >= 11 is 0. The third kappa shape index (κ3) is 5.49. The van der Waals surface area contributed by atoms with Gasteiger partial charge in [0.1, 0.15) is 6.54 Å². The number of nitrogens with two attached hydrogens (primary N) is 1. The van der Waals surface area contributed by atoms with Gasteiger partial charge >= 0.3 is 0 Å². The van der Waals surface area contributed by atoms with Crippen molar-refractivity contribution in [2.45, 2.75) is 39.2 Å². The van der Waals surface area contributed by atoms with Gasteiger partial charge in [-0.05, 0) is 18.6 Å². The highest BCUT2D eigenvalue weighted by atomic mass is 127. The molecule has 3 N–H and O–H groups in total. The minimum Gasteiger partial charge on any atom is -0.370 e. The van der Waals surface area contributed by atoms with Gasteiger partial charge in [0, 0.05) is 12.7 Å². The van der Waals surface area contributed by atoms with Crippen LogP contribution in [0.5, 0.6) is 0 Å². The Morgan fingerprint density at radius 3 is 2.95 bits per heavy atom. The van der Waals surface area contributed by atoms with E-state index in [9.17, 15) is 0 Å². The van der Waals surface area contributed by atoms with E-state index in [1.165, 1.54) is 19.3 Å². The number of guanidine groups is 1. The molecule has 0 amide bonds. The summed E-state index contributed by atoms with van der Waals surface area (Å²) in [5.74, 6) is 1.26. The maximum Gasteiger partial charge on any atom is 0.189 e. The third-order valence-corrected chi connectivity index (χ3v) is 3.11. The second kappa shape index (κ2) is 9.54. The number of rotatable bonds is 7. The van der Waals surface area contributed by atoms with E-state index in [0.29, 0.717) is 12.5 Å². The van der Waals surface area contributed by atoms with Crippen molar-refractivity contribution < 1.29 is 0 Å². The lowest BCUT2D eigenvalue weighted by Crippen LogP contribution is -2.32. The van der Waals surface area contributed by atoms with E-state index in [0.717, 1.165) is 24.4 Å². The van der Waals surface area contributed by atoms with E-state index in [4.69, 9.17) is 5.73 Å². The normalized spacial score (nSPS) is 11.4. The molecule has 6 nitrogen and oxygen atoms in total. The largest absolute Gasteiger partial charge is 0.370 e. The van der Waals surface area contributed by atoms with Crippen LogP contribution in [0.1, 0.15) is 38.4 Å². The van der Waals surface area contributed by atoms with Crippen molar-refractivity contribution in [2.24, 2.45) is 10.7 Å². The first kappa shape index (κ1) is 17.7. The molecule has 21 heavy (non-hydrogen) atoms. The summed E-state index contributed by atoms with van der Waals surface area (Å²) in [7, 11) is 0. The lowest BCUT2D eigenvalue weighted by molar-refractivity contribution is 0.652. The van der Waals surface area contributed by atoms with Gasteiger partial charge in [0.2, 0.25) is 0 Å². The van der Waals surface area contributed by atoms with Gasteiger partial charge in [-0.25, -0.2) is 4.99 Å². The predicted octanol–water partition coefficient (Wildman–Crippen LogP) is 2.33. The molecule has 2 rings (SSSR count). The summed E-state index contributed by atoms with van der Waals surface area (Å²) in [6.07, 6.45) is 6.78. The Kier molecular flexibility index (Phi) is 8.03.